The van der Waals surface area contributed by atoms with Crippen molar-refractivity contribution >= 4 is 17.6 Å². The molecule has 3 amide bonds. The van der Waals surface area contributed by atoms with Gasteiger partial charge in [0.2, 0.25) is 5.91 Å². The number of para-hydroxylation sites is 1. The summed E-state index contributed by atoms with van der Waals surface area (Å²) in [5.74, 6) is 0.697. The van der Waals surface area contributed by atoms with Gasteiger partial charge in [-0.15, -0.1) is 0 Å². The van der Waals surface area contributed by atoms with E-state index in [4.69, 9.17) is 4.74 Å². The zero-order chi connectivity index (χ0) is 18.8. The highest BCUT2D eigenvalue weighted by Gasteiger charge is 2.09. The van der Waals surface area contributed by atoms with Crippen LogP contribution in [0.1, 0.15) is 31.9 Å². The van der Waals surface area contributed by atoms with Crippen LogP contribution in [0.5, 0.6) is 5.75 Å². The van der Waals surface area contributed by atoms with Crippen LogP contribution in [0.25, 0.3) is 0 Å². The summed E-state index contributed by atoms with van der Waals surface area (Å²) in [6.45, 7) is 4.42. The van der Waals surface area contributed by atoms with Crippen molar-refractivity contribution in [2.24, 2.45) is 0 Å². The molecule has 0 fully saturated rings. The summed E-state index contributed by atoms with van der Waals surface area (Å²) >= 11 is 0. The van der Waals surface area contributed by atoms with Gasteiger partial charge in [-0.2, -0.15) is 0 Å². The van der Waals surface area contributed by atoms with E-state index in [0.717, 1.165) is 11.3 Å². The van der Waals surface area contributed by atoms with Crippen LogP contribution in [0.4, 0.5) is 10.5 Å². The molecular weight excluding hydrogens is 330 g/mol. The van der Waals surface area contributed by atoms with Crippen molar-refractivity contribution in [2.75, 3.05) is 18.5 Å². The molecule has 0 aliphatic carbocycles. The third-order valence-electron chi connectivity index (χ3n) is 3.67. The smallest absolute Gasteiger partial charge is 0.315 e. The fourth-order valence-electron chi connectivity index (χ4n) is 2.40. The molecule has 0 aliphatic rings. The third kappa shape index (κ3) is 6.84. The fraction of sp³-hybridized carbons (Fsp3) is 0.300. The van der Waals surface area contributed by atoms with Crippen molar-refractivity contribution in [1.29, 1.82) is 0 Å². The number of rotatable bonds is 8. The summed E-state index contributed by atoms with van der Waals surface area (Å²) in [7, 11) is 0. The molecule has 0 heterocycles. The number of ether oxygens (including phenoxy) is 1. The van der Waals surface area contributed by atoms with Crippen LogP contribution in [0, 0.1) is 0 Å². The molecule has 0 bridgehead atoms. The van der Waals surface area contributed by atoms with Gasteiger partial charge in [0.25, 0.3) is 0 Å². The lowest BCUT2D eigenvalue weighted by atomic mass is 10.1. The lowest BCUT2D eigenvalue weighted by molar-refractivity contribution is -0.114. The first-order valence-electron chi connectivity index (χ1n) is 8.64. The van der Waals surface area contributed by atoms with Crippen LogP contribution in [0.15, 0.2) is 54.6 Å². The molecule has 138 valence electrons. The average Bonchev–Trinajstić information content (AvgIpc) is 2.62. The van der Waals surface area contributed by atoms with Gasteiger partial charge < -0.3 is 20.7 Å². The lowest BCUT2D eigenvalue weighted by Gasteiger charge is -2.16. The van der Waals surface area contributed by atoms with E-state index in [1.807, 2.05) is 61.5 Å². The van der Waals surface area contributed by atoms with Crippen LogP contribution in [-0.2, 0) is 4.79 Å². The second-order valence-electron chi connectivity index (χ2n) is 5.94. The number of carbonyl (C=O) groups excluding carboxylic acids is 2. The molecule has 6 heteroatoms. The molecule has 0 unspecified atom stereocenters. The summed E-state index contributed by atoms with van der Waals surface area (Å²) in [6, 6.07) is 16.6. The van der Waals surface area contributed by atoms with E-state index in [0.29, 0.717) is 25.3 Å². The number of hydrogen-bond donors (Lipinski definition) is 3. The predicted octanol–water partition coefficient (Wildman–Crippen LogP) is 3.47. The Balaban J connectivity index is 1.69. The van der Waals surface area contributed by atoms with Gasteiger partial charge in [-0.3, -0.25) is 4.79 Å². The Morgan fingerprint density at radius 2 is 1.85 bits per heavy atom. The molecule has 0 radical (unpaired) electrons. The molecule has 3 N–H and O–H groups in total. The summed E-state index contributed by atoms with van der Waals surface area (Å²) in [4.78, 5) is 23.1. The summed E-state index contributed by atoms with van der Waals surface area (Å²) in [5.41, 5.74) is 1.63. The predicted molar refractivity (Wildman–Crippen MR) is 102 cm³/mol. The quantitative estimate of drug-likeness (QED) is 0.634. The van der Waals surface area contributed by atoms with E-state index < -0.39 is 0 Å². The van der Waals surface area contributed by atoms with Crippen LogP contribution in [0.3, 0.4) is 0 Å². The van der Waals surface area contributed by atoms with Gasteiger partial charge in [0.05, 0.1) is 12.6 Å². The van der Waals surface area contributed by atoms with Crippen molar-refractivity contribution in [3.05, 3.63) is 60.2 Å². The molecule has 0 saturated heterocycles. The van der Waals surface area contributed by atoms with Crippen molar-refractivity contribution < 1.29 is 14.3 Å². The summed E-state index contributed by atoms with van der Waals surface area (Å²) in [6.07, 6.45) is 0.717. The molecule has 0 saturated carbocycles. The maximum absolute atomic E-state index is 12.0. The van der Waals surface area contributed by atoms with Gasteiger partial charge >= 0.3 is 6.03 Å². The minimum absolute atomic E-state index is 0.127. The zero-order valence-electron chi connectivity index (χ0n) is 15.1. The molecule has 0 aromatic heterocycles. The van der Waals surface area contributed by atoms with Gasteiger partial charge in [-0.1, -0.05) is 30.3 Å². The van der Waals surface area contributed by atoms with E-state index in [9.17, 15) is 9.59 Å². The molecule has 0 spiro atoms. The molecule has 2 aromatic carbocycles. The molecule has 0 aliphatic heterocycles. The monoisotopic (exact) mass is 355 g/mol. The summed E-state index contributed by atoms with van der Waals surface area (Å²) < 4.78 is 5.58. The van der Waals surface area contributed by atoms with Gasteiger partial charge in [-0.25, -0.2) is 4.79 Å². The maximum atomic E-state index is 12.0. The Bertz CT molecular complexity index is 719. The fourth-order valence-corrected chi connectivity index (χ4v) is 2.40. The second-order valence-corrected chi connectivity index (χ2v) is 5.94. The first-order valence-corrected chi connectivity index (χ1v) is 8.64. The lowest BCUT2D eigenvalue weighted by Crippen LogP contribution is -2.37. The second kappa shape index (κ2) is 10.1. The number of urea groups is 1. The van der Waals surface area contributed by atoms with E-state index in [1.165, 1.54) is 6.92 Å². The topological polar surface area (TPSA) is 79.5 Å². The highest BCUT2D eigenvalue weighted by molar-refractivity contribution is 5.88. The number of carbonyl (C=O) groups is 2. The van der Waals surface area contributed by atoms with Gasteiger partial charge in [0.1, 0.15) is 5.75 Å². The minimum atomic E-state index is -0.234. The van der Waals surface area contributed by atoms with Crippen molar-refractivity contribution in [3.63, 3.8) is 0 Å². The Hall–Kier alpha value is -3.02. The number of anilines is 1. The van der Waals surface area contributed by atoms with E-state index >= 15 is 0 Å². The molecular formula is C20H25N3O3. The zero-order valence-corrected chi connectivity index (χ0v) is 15.1. The van der Waals surface area contributed by atoms with Crippen molar-refractivity contribution in [1.82, 2.24) is 10.6 Å². The van der Waals surface area contributed by atoms with Crippen LogP contribution in [0.2, 0.25) is 0 Å². The summed E-state index contributed by atoms with van der Waals surface area (Å²) in [5, 5.41) is 8.43. The Morgan fingerprint density at radius 3 is 2.58 bits per heavy atom. The minimum Gasteiger partial charge on any atom is -0.494 e. The average molecular weight is 355 g/mol. The van der Waals surface area contributed by atoms with E-state index in [2.05, 4.69) is 16.0 Å². The van der Waals surface area contributed by atoms with Gasteiger partial charge in [-0.05, 0) is 43.2 Å². The van der Waals surface area contributed by atoms with Crippen LogP contribution >= 0.6 is 0 Å². The Morgan fingerprint density at radius 1 is 1.08 bits per heavy atom. The standard InChI is InChI=1S/C20H25N3O3/c1-15(17-8-6-9-18(14-17)23-16(2)24)22-20(25)21-12-7-13-26-19-10-4-3-5-11-19/h3-6,8-11,14-15H,7,12-13H2,1-2H3,(H,23,24)(H2,21,22,25)/t15-/m1/s1. The largest absolute Gasteiger partial charge is 0.494 e. The SMILES string of the molecule is CC(=O)Nc1cccc([C@@H](C)NC(=O)NCCCOc2ccccc2)c1. The molecule has 26 heavy (non-hydrogen) atoms. The number of hydrogen-bond acceptors (Lipinski definition) is 3. The van der Waals surface area contributed by atoms with E-state index in [-0.39, 0.29) is 18.0 Å². The number of nitrogens with one attached hydrogen (secondary N) is 3. The number of benzene rings is 2. The molecule has 6 nitrogen and oxygen atoms in total. The number of amides is 3. The Kier molecular flexibility index (Phi) is 7.49. The maximum Gasteiger partial charge on any atom is 0.315 e. The van der Waals surface area contributed by atoms with Crippen LogP contribution < -0.4 is 20.7 Å². The van der Waals surface area contributed by atoms with Crippen molar-refractivity contribution in [3.8, 4) is 5.75 Å². The third-order valence-corrected chi connectivity index (χ3v) is 3.67. The normalized spacial score (nSPS) is 11.3. The van der Waals surface area contributed by atoms with Crippen molar-refractivity contribution in [2.45, 2.75) is 26.3 Å². The van der Waals surface area contributed by atoms with Crippen LogP contribution in [-0.4, -0.2) is 25.1 Å². The molecule has 1 atom stereocenters. The Labute approximate surface area is 153 Å². The van der Waals surface area contributed by atoms with E-state index in [1.54, 1.807) is 0 Å². The van der Waals surface area contributed by atoms with Gasteiger partial charge in [0.15, 0.2) is 0 Å². The molecule has 2 rings (SSSR count). The highest BCUT2D eigenvalue weighted by atomic mass is 16.5. The van der Waals surface area contributed by atoms with Gasteiger partial charge in [0, 0.05) is 19.2 Å². The molecule has 2 aromatic rings. The first-order chi connectivity index (χ1) is 12.5. The first kappa shape index (κ1) is 19.3. The highest BCUT2D eigenvalue weighted by Crippen LogP contribution is 2.17.